The van der Waals surface area contributed by atoms with Gasteiger partial charge in [-0.1, -0.05) is 37.0 Å². The molecule has 1 atom stereocenters. The van der Waals surface area contributed by atoms with Gasteiger partial charge >= 0.3 is 0 Å². The number of carbonyl (C=O) groups is 2. The Kier molecular flexibility index (Phi) is 6.76. The Bertz CT molecular complexity index is 672. The summed E-state index contributed by atoms with van der Waals surface area (Å²) in [7, 11) is 1.74. The summed E-state index contributed by atoms with van der Waals surface area (Å²) in [5.74, 6) is -0.386. The first-order valence-corrected chi connectivity index (χ1v) is 9.15. The monoisotopic (exact) mass is 356 g/mol. The fourth-order valence-electron chi connectivity index (χ4n) is 3.16. The molecule has 0 heterocycles. The number of nitrogens with zero attached hydrogens (tertiary/aromatic N) is 2. The van der Waals surface area contributed by atoms with Crippen LogP contribution in [0.1, 0.15) is 44.6 Å². The molecule has 6 heteroatoms. The molecule has 0 radical (unpaired) electrons. The van der Waals surface area contributed by atoms with Crippen LogP contribution in [0.5, 0.6) is 0 Å². The molecule has 1 aromatic rings. The van der Waals surface area contributed by atoms with Crippen molar-refractivity contribution < 1.29 is 9.59 Å². The van der Waals surface area contributed by atoms with Gasteiger partial charge in [0, 0.05) is 5.69 Å². The summed E-state index contributed by atoms with van der Waals surface area (Å²) >= 11 is 0. The Labute approximate surface area is 155 Å². The number of aryl methyl sites for hydroxylation is 1. The SMILES string of the molecule is Cc1ccc(NC(=O)CN(C)C(C)C(=O)NC2(C#N)CCCCC2)cc1. The maximum atomic E-state index is 12.6. The third-order valence-corrected chi connectivity index (χ3v) is 5.05. The number of anilines is 1. The normalized spacial score (nSPS) is 17.2. The van der Waals surface area contributed by atoms with Gasteiger partial charge in [-0.3, -0.25) is 14.5 Å². The van der Waals surface area contributed by atoms with Gasteiger partial charge in [0.2, 0.25) is 11.8 Å². The van der Waals surface area contributed by atoms with Gasteiger partial charge in [-0.15, -0.1) is 0 Å². The fourth-order valence-corrected chi connectivity index (χ4v) is 3.16. The molecule has 6 nitrogen and oxygen atoms in total. The number of amides is 2. The highest BCUT2D eigenvalue weighted by atomic mass is 16.2. The Balaban J connectivity index is 1.88. The minimum atomic E-state index is -0.755. The molecule has 1 aliphatic rings. The number of likely N-dealkylation sites (N-methyl/N-ethyl adjacent to an activating group) is 1. The summed E-state index contributed by atoms with van der Waals surface area (Å²) in [6, 6.07) is 9.36. The number of nitriles is 1. The Morgan fingerprint density at radius 3 is 2.42 bits per heavy atom. The van der Waals surface area contributed by atoms with Gasteiger partial charge in [0.15, 0.2) is 0 Å². The third-order valence-electron chi connectivity index (χ3n) is 5.05. The van der Waals surface area contributed by atoms with Crippen molar-refractivity contribution in [3.63, 3.8) is 0 Å². The predicted octanol–water partition coefficient (Wildman–Crippen LogP) is 2.60. The van der Waals surface area contributed by atoms with Crippen molar-refractivity contribution in [2.75, 3.05) is 18.9 Å². The second kappa shape index (κ2) is 8.81. The van der Waals surface area contributed by atoms with Crippen LogP contribution < -0.4 is 10.6 Å². The Hall–Kier alpha value is -2.39. The van der Waals surface area contributed by atoms with E-state index in [9.17, 15) is 14.9 Å². The number of carbonyl (C=O) groups excluding carboxylic acids is 2. The van der Waals surface area contributed by atoms with E-state index >= 15 is 0 Å². The summed E-state index contributed by atoms with van der Waals surface area (Å²) in [6.07, 6.45) is 4.40. The molecule has 1 unspecified atom stereocenters. The quantitative estimate of drug-likeness (QED) is 0.820. The van der Waals surface area contributed by atoms with Gasteiger partial charge in [0.05, 0.1) is 18.7 Å². The van der Waals surface area contributed by atoms with Crippen LogP contribution in [0, 0.1) is 18.3 Å². The summed E-state index contributed by atoms with van der Waals surface area (Å²) in [5, 5.41) is 15.2. The van der Waals surface area contributed by atoms with Crippen LogP contribution in [0.3, 0.4) is 0 Å². The second-order valence-electron chi connectivity index (χ2n) is 7.25. The average Bonchev–Trinajstić information content (AvgIpc) is 2.63. The number of hydrogen-bond acceptors (Lipinski definition) is 4. The molecule has 1 aliphatic carbocycles. The molecule has 2 rings (SSSR count). The van der Waals surface area contributed by atoms with Gasteiger partial charge in [-0.05, 0) is 45.9 Å². The van der Waals surface area contributed by atoms with E-state index < -0.39 is 11.6 Å². The number of rotatable bonds is 6. The first kappa shape index (κ1) is 19.9. The number of benzene rings is 1. The van der Waals surface area contributed by atoms with E-state index in [1.807, 2.05) is 31.2 Å². The van der Waals surface area contributed by atoms with Crippen LogP contribution in [0.4, 0.5) is 5.69 Å². The van der Waals surface area contributed by atoms with E-state index in [1.54, 1.807) is 18.9 Å². The minimum absolute atomic E-state index is 0.0992. The number of nitrogens with one attached hydrogen (secondary N) is 2. The largest absolute Gasteiger partial charge is 0.336 e. The van der Waals surface area contributed by atoms with Crippen molar-refractivity contribution in [1.29, 1.82) is 5.26 Å². The van der Waals surface area contributed by atoms with E-state index in [0.717, 1.165) is 30.5 Å². The predicted molar refractivity (Wildman–Crippen MR) is 101 cm³/mol. The summed E-state index contributed by atoms with van der Waals surface area (Å²) < 4.78 is 0. The highest BCUT2D eigenvalue weighted by Gasteiger charge is 2.35. The molecule has 0 bridgehead atoms. The maximum absolute atomic E-state index is 12.6. The molecular formula is C20H28N4O2. The molecule has 2 amide bonds. The van der Waals surface area contributed by atoms with Crippen LogP contribution in [0.25, 0.3) is 0 Å². The van der Waals surface area contributed by atoms with Crippen molar-refractivity contribution in [2.45, 2.75) is 57.5 Å². The summed E-state index contributed by atoms with van der Waals surface area (Å²) in [4.78, 5) is 26.5. The highest BCUT2D eigenvalue weighted by Crippen LogP contribution is 2.27. The Morgan fingerprint density at radius 2 is 1.85 bits per heavy atom. The lowest BCUT2D eigenvalue weighted by Crippen LogP contribution is -2.55. The maximum Gasteiger partial charge on any atom is 0.238 e. The van der Waals surface area contributed by atoms with Crippen molar-refractivity contribution in [3.8, 4) is 6.07 Å². The molecule has 1 fully saturated rings. The molecule has 1 saturated carbocycles. The van der Waals surface area contributed by atoms with E-state index in [-0.39, 0.29) is 18.4 Å². The highest BCUT2D eigenvalue weighted by molar-refractivity contribution is 5.92. The van der Waals surface area contributed by atoms with Crippen LogP contribution in [-0.2, 0) is 9.59 Å². The lowest BCUT2D eigenvalue weighted by molar-refractivity contribution is -0.128. The summed E-state index contributed by atoms with van der Waals surface area (Å²) in [6.45, 7) is 3.84. The average molecular weight is 356 g/mol. The third kappa shape index (κ3) is 5.30. The van der Waals surface area contributed by atoms with Gasteiger partial charge in [-0.2, -0.15) is 5.26 Å². The van der Waals surface area contributed by atoms with Crippen LogP contribution in [0.15, 0.2) is 24.3 Å². The molecular weight excluding hydrogens is 328 g/mol. The minimum Gasteiger partial charge on any atom is -0.336 e. The standard InChI is InChI=1S/C20H28N4O2/c1-15-7-9-17(10-8-15)22-18(25)13-24(3)16(2)19(26)23-20(14-21)11-5-4-6-12-20/h7-10,16H,4-6,11-13H2,1-3H3,(H,22,25)(H,23,26). The van der Waals surface area contributed by atoms with Crippen molar-refractivity contribution in [1.82, 2.24) is 10.2 Å². The molecule has 0 spiro atoms. The van der Waals surface area contributed by atoms with E-state index in [2.05, 4.69) is 16.7 Å². The van der Waals surface area contributed by atoms with Gasteiger partial charge in [0.25, 0.3) is 0 Å². The molecule has 1 aromatic carbocycles. The van der Waals surface area contributed by atoms with Crippen LogP contribution in [0.2, 0.25) is 0 Å². The molecule has 26 heavy (non-hydrogen) atoms. The lowest BCUT2D eigenvalue weighted by atomic mass is 9.82. The zero-order valence-electron chi connectivity index (χ0n) is 15.8. The van der Waals surface area contributed by atoms with E-state index in [0.29, 0.717) is 12.8 Å². The van der Waals surface area contributed by atoms with Crippen molar-refractivity contribution in [2.24, 2.45) is 0 Å². The zero-order chi connectivity index (χ0) is 19.2. The molecule has 0 saturated heterocycles. The molecule has 0 aromatic heterocycles. The van der Waals surface area contributed by atoms with Crippen LogP contribution >= 0.6 is 0 Å². The van der Waals surface area contributed by atoms with Crippen molar-refractivity contribution in [3.05, 3.63) is 29.8 Å². The van der Waals surface area contributed by atoms with Gasteiger partial charge < -0.3 is 10.6 Å². The van der Waals surface area contributed by atoms with E-state index in [4.69, 9.17) is 0 Å². The lowest BCUT2D eigenvalue weighted by Gasteiger charge is -2.34. The van der Waals surface area contributed by atoms with Crippen molar-refractivity contribution >= 4 is 17.5 Å². The van der Waals surface area contributed by atoms with Gasteiger partial charge in [0.1, 0.15) is 5.54 Å². The number of hydrogen-bond donors (Lipinski definition) is 2. The smallest absolute Gasteiger partial charge is 0.238 e. The second-order valence-corrected chi connectivity index (χ2v) is 7.25. The Morgan fingerprint density at radius 1 is 1.23 bits per heavy atom. The summed E-state index contributed by atoms with van der Waals surface area (Å²) in [5.41, 5.74) is 1.10. The first-order valence-electron chi connectivity index (χ1n) is 9.15. The molecule has 2 N–H and O–H groups in total. The van der Waals surface area contributed by atoms with Crippen LogP contribution in [-0.4, -0.2) is 41.9 Å². The fraction of sp³-hybridized carbons (Fsp3) is 0.550. The molecule has 140 valence electrons. The van der Waals surface area contributed by atoms with Gasteiger partial charge in [-0.25, -0.2) is 0 Å². The zero-order valence-corrected chi connectivity index (χ0v) is 15.8. The molecule has 0 aliphatic heterocycles. The van der Waals surface area contributed by atoms with E-state index in [1.165, 1.54) is 0 Å². The first-order chi connectivity index (χ1) is 12.3. The topological polar surface area (TPSA) is 85.2 Å².